The minimum absolute atomic E-state index is 0.00796. The van der Waals surface area contributed by atoms with E-state index in [9.17, 15) is 19.8 Å². The number of para-hydroxylation sites is 1. The van der Waals surface area contributed by atoms with Gasteiger partial charge in [0.05, 0.1) is 19.8 Å². The Kier molecular flexibility index (Phi) is 8.47. The van der Waals surface area contributed by atoms with Crippen LogP contribution in [0.25, 0.3) is 0 Å². The maximum absolute atomic E-state index is 13.0. The van der Waals surface area contributed by atoms with Crippen molar-refractivity contribution in [2.45, 2.75) is 71.6 Å². The number of hydrogen-bond acceptors (Lipinski definition) is 6. The van der Waals surface area contributed by atoms with Crippen molar-refractivity contribution in [1.29, 1.82) is 0 Å². The first-order chi connectivity index (χ1) is 16.2. The summed E-state index contributed by atoms with van der Waals surface area (Å²) >= 11 is 0. The van der Waals surface area contributed by atoms with E-state index in [4.69, 9.17) is 9.47 Å². The molecule has 0 unspecified atom stereocenters. The van der Waals surface area contributed by atoms with Crippen molar-refractivity contribution >= 4 is 12.0 Å². The van der Waals surface area contributed by atoms with Crippen LogP contribution in [0, 0.1) is 22.7 Å². The lowest BCUT2D eigenvalue weighted by Crippen LogP contribution is -2.61. The predicted octanol–water partition coefficient (Wildman–Crippen LogP) is 3.00. The molecule has 34 heavy (non-hydrogen) atoms. The van der Waals surface area contributed by atoms with Crippen molar-refractivity contribution in [3.05, 3.63) is 29.8 Å². The van der Waals surface area contributed by atoms with Crippen LogP contribution in [0.15, 0.2) is 24.3 Å². The number of benzene rings is 1. The van der Waals surface area contributed by atoms with Crippen molar-refractivity contribution in [3.63, 3.8) is 0 Å². The maximum Gasteiger partial charge on any atom is 0.407 e. The average molecular weight is 477 g/mol. The monoisotopic (exact) mass is 476 g/mol. The van der Waals surface area contributed by atoms with Crippen LogP contribution in [-0.2, 0) is 16.1 Å². The van der Waals surface area contributed by atoms with Gasteiger partial charge in [-0.3, -0.25) is 4.79 Å². The summed E-state index contributed by atoms with van der Waals surface area (Å²) in [5, 5.41) is 27.1. The number of carbonyl (C=O) groups is 2. The molecule has 0 heterocycles. The van der Waals surface area contributed by atoms with Crippen molar-refractivity contribution in [2.24, 2.45) is 22.7 Å². The maximum atomic E-state index is 13.0. The van der Waals surface area contributed by atoms with E-state index in [-0.39, 0.29) is 36.2 Å². The molecular weight excluding hydrogens is 436 g/mol. The van der Waals surface area contributed by atoms with Crippen LogP contribution in [0.4, 0.5) is 4.79 Å². The van der Waals surface area contributed by atoms with E-state index in [1.165, 1.54) is 0 Å². The molecule has 8 nitrogen and oxygen atoms in total. The fourth-order valence-corrected chi connectivity index (χ4v) is 6.41. The van der Waals surface area contributed by atoms with Crippen LogP contribution < -0.4 is 15.4 Å². The number of hydrogen-bond donors (Lipinski definition) is 4. The van der Waals surface area contributed by atoms with Gasteiger partial charge in [-0.15, -0.1) is 0 Å². The van der Waals surface area contributed by atoms with E-state index >= 15 is 0 Å². The van der Waals surface area contributed by atoms with Gasteiger partial charge in [0.1, 0.15) is 11.9 Å². The molecular formula is C26H40N2O6. The summed E-state index contributed by atoms with van der Waals surface area (Å²) < 4.78 is 11.1. The number of nitrogens with one attached hydrogen (secondary N) is 2. The molecule has 4 N–H and O–H groups in total. The van der Waals surface area contributed by atoms with Crippen LogP contribution >= 0.6 is 0 Å². The summed E-state index contributed by atoms with van der Waals surface area (Å²) in [6.07, 6.45) is 1.26. The Bertz CT molecular complexity index is 863. The highest BCUT2D eigenvalue weighted by atomic mass is 16.6. The Morgan fingerprint density at radius 1 is 1.15 bits per heavy atom. The molecule has 8 heteroatoms. The van der Waals surface area contributed by atoms with E-state index in [0.717, 1.165) is 11.3 Å². The number of rotatable bonds is 8. The Balaban J connectivity index is 1.74. The minimum Gasteiger partial charge on any atom is -0.496 e. The Labute approximate surface area is 202 Å². The van der Waals surface area contributed by atoms with Crippen molar-refractivity contribution in [3.8, 4) is 5.75 Å². The molecule has 1 aromatic carbocycles. The zero-order chi connectivity index (χ0) is 24.9. The van der Waals surface area contributed by atoms with Gasteiger partial charge >= 0.3 is 6.09 Å². The summed E-state index contributed by atoms with van der Waals surface area (Å²) in [6, 6.07) is 7.55. The number of amides is 2. The molecule has 3 rings (SSSR count). The molecule has 0 aromatic heterocycles. The third-order valence-electron chi connectivity index (χ3n) is 8.32. The summed E-state index contributed by atoms with van der Waals surface area (Å²) in [5.74, 6) is 0.355. The predicted molar refractivity (Wildman–Crippen MR) is 128 cm³/mol. The van der Waals surface area contributed by atoms with Gasteiger partial charge in [0, 0.05) is 30.5 Å². The van der Waals surface area contributed by atoms with Gasteiger partial charge in [-0.1, -0.05) is 32.0 Å². The lowest BCUT2D eigenvalue weighted by molar-refractivity contribution is -0.185. The van der Waals surface area contributed by atoms with Gasteiger partial charge in [0.15, 0.2) is 0 Å². The molecule has 2 fully saturated rings. The number of carbonyl (C=O) groups excluding carboxylic acids is 2. The molecule has 0 spiro atoms. The fourth-order valence-electron chi connectivity index (χ4n) is 6.41. The van der Waals surface area contributed by atoms with Crippen LogP contribution in [0.3, 0.4) is 0 Å². The molecule has 1 aromatic rings. The number of alkyl carbamates (subject to hydrolysis) is 1. The van der Waals surface area contributed by atoms with Gasteiger partial charge in [0.25, 0.3) is 0 Å². The Hall–Kier alpha value is -2.32. The van der Waals surface area contributed by atoms with Crippen LogP contribution in [0.2, 0.25) is 0 Å². The Morgan fingerprint density at radius 2 is 1.88 bits per heavy atom. The second kappa shape index (κ2) is 11.0. The third-order valence-corrected chi connectivity index (χ3v) is 8.32. The topological polar surface area (TPSA) is 117 Å². The standard InChI is InChI=1S/C26H40N2O6/c1-5-27-24(32)34-22-12-13-25(2)18(19(30)10-11-21(25)26(22,3)16-29)14-23(31)28-15-17-8-6-7-9-20(17)33-4/h6-9,18-19,21-22,29-30H,5,10-16H2,1-4H3,(H,27,32)(H,28,31)/t18-,19-,21-,22+,25-,26+/m1/s1. The van der Waals surface area contributed by atoms with Crippen LogP contribution in [-0.4, -0.2) is 54.7 Å². The van der Waals surface area contributed by atoms with Gasteiger partial charge < -0.3 is 30.3 Å². The van der Waals surface area contributed by atoms with Crippen molar-refractivity contribution in [1.82, 2.24) is 10.6 Å². The second-order valence-corrected chi connectivity index (χ2v) is 10.2. The molecule has 0 aliphatic heterocycles. The molecule has 2 amide bonds. The van der Waals surface area contributed by atoms with Gasteiger partial charge in [0.2, 0.25) is 5.91 Å². The van der Waals surface area contributed by atoms with E-state index in [1.807, 2.05) is 38.1 Å². The molecule has 2 aliphatic carbocycles. The highest BCUT2D eigenvalue weighted by Crippen LogP contribution is 2.61. The number of methoxy groups -OCH3 is 1. The molecule has 0 bridgehead atoms. The number of aliphatic hydroxyl groups is 2. The SMILES string of the molecule is CCNC(=O)O[C@H]1CC[C@@]2(C)[C@@H](CC[C@@H](O)[C@H]2CC(=O)NCc2ccccc2OC)[C@]1(C)CO. The summed E-state index contributed by atoms with van der Waals surface area (Å²) in [6.45, 7) is 6.62. The lowest BCUT2D eigenvalue weighted by Gasteiger charge is -2.60. The molecule has 0 radical (unpaired) electrons. The zero-order valence-corrected chi connectivity index (χ0v) is 20.8. The first-order valence-electron chi connectivity index (χ1n) is 12.3. The molecule has 2 saturated carbocycles. The van der Waals surface area contributed by atoms with E-state index in [1.54, 1.807) is 7.11 Å². The highest BCUT2D eigenvalue weighted by Gasteiger charge is 2.60. The number of ether oxygens (including phenoxy) is 2. The summed E-state index contributed by atoms with van der Waals surface area (Å²) in [7, 11) is 1.60. The highest BCUT2D eigenvalue weighted by molar-refractivity contribution is 5.76. The molecule has 6 atom stereocenters. The van der Waals surface area contributed by atoms with Crippen molar-refractivity contribution in [2.75, 3.05) is 20.3 Å². The van der Waals surface area contributed by atoms with Crippen LogP contribution in [0.5, 0.6) is 5.75 Å². The van der Waals surface area contributed by atoms with E-state index < -0.39 is 23.7 Å². The van der Waals surface area contributed by atoms with Crippen molar-refractivity contribution < 1.29 is 29.3 Å². The molecule has 190 valence electrons. The summed E-state index contributed by atoms with van der Waals surface area (Å²) in [5.41, 5.74) is -0.120. The second-order valence-electron chi connectivity index (χ2n) is 10.2. The number of fused-ring (bicyclic) bond motifs is 1. The molecule has 0 saturated heterocycles. The average Bonchev–Trinajstić information content (AvgIpc) is 2.82. The van der Waals surface area contributed by atoms with E-state index in [2.05, 4.69) is 17.6 Å². The van der Waals surface area contributed by atoms with Crippen LogP contribution in [0.1, 0.15) is 58.4 Å². The van der Waals surface area contributed by atoms with E-state index in [0.29, 0.717) is 38.8 Å². The normalized spacial score (nSPS) is 32.9. The zero-order valence-electron chi connectivity index (χ0n) is 20.8. The minimum atomic E-state index is -0.648. The third kappa shape index (κ3) is 5.18. The smallest absolute Gasteiger partial charge is 0.407 e. The Morgan fingerprint density at radius 3 is 2.56 bits per heavy atom. The first-order valence-corrected chi connectivity index (χ1v) is 12.3. The quantitative estimate of drug-likeness (QED) is 0.458. The summed E-state index contributed by atoms with van der Waals surface area (Å²) in [4.78, 5) is 25.1. The van der Waals surface area contributed by atoms with Gasteiger partial charge in [-0.2, -0.15) is 0 Å². The van der Waals surface area contributed by atoms with Gasteiger partial charge in [-0.05, 0) is 55.9 Å². The largest absolute Gasteiger partial charge is 0.496 e. The fraction of sp³-hybridized carbons (Fsp3) is 0.692. The first kappa shape index (κ1) is 26.3. The van der Waals surface area contributed by atoms with Gasteiger partial charge in [-0.25, -0.2) is 4.79 Å². The molecule has 2 aliphatic rings. The number of aliphatic hydroxyl groups excluding tert-OH is 2. The lowest BCUT2D eigenvalue weighted by atomic mass is 9.46.